The van der Waals surface area contributed by atoms with Gasteiger partial charge in [-0.05, 0) is 18.8 Å². The Hall–Kier alpha value is 0.870. The second kappa shape index (κ2) is 39.3. The van der Waals surface area contributed by atoms with Gasteiger partial charge in [0.15, 0.2) is 0 Å². The molecule has 0 aromatic heterocycles. The van der Waals surface area contributed by atoms with Crippen molar-refractivity contribution in [1.29, 1.82) is 0 Å². The molecular weight excluding hydrogens is 587 g/mol. The SMILES string of the molecule is CCCCCCCCCCCCCCCCCCCCCCC(CCCCCCCCCCCCCCC)COS(=O)(=O)[O-].[Na+]. The maximum Gasteiger partial charge on any atom is 1.00 e. The molecule has 0 rings (SSSR count). The molecule has 266 valence electrons. The van der Waals surface area contributed by atoms with Gasteiger partial charge in [-0.15, -0.1) is 0 Å². The molecule has 0 heterocycles. The van der Waals surface area contributed by atoms with Gasteiger partial charge < -0.3 is 4.55 Å². The first kappa shape index (κ1) is 48.0. The van der Waals surface area contributed by atoms with Gasteiger partial charge in [0.05, 0.1) is 6.61 Å². The molecule has 1 unspecified atom stereocenters. The van der Waals surface area contributed by atoms with Crippen LogP contribution in [0.2, 0.25) is 0 Å². The van der Waals surface area contributed by atoms with Crippen LogP contribution in [0.5, 0.6) is 0 Å². The van der Waals surface area contributed by atoms with Gasteiger partial charge in [0.2, 0.25) is 10.4 Å². The molecule has 0 aromatic rings. The summed E-state index contributed by atoms with van der Waals surface area (Å²) in [7, 11) is -4.59. The van der Waals surface area contributed by atoms with Gasteiger partial charge in [-0.1, -0.05) is 226 Å². The molecule has 0 spiro atoms. The predicted octanol–water partition coefficient (Wildman–Crippen LogP) is 10.8. The maximum atomic E-state index is 11.0. The minimum absolute atomic E-state index is 0. The predicted molar refractivity (Wildman–Crippen MR) is 192 cm³/mol. The number of unbranched alkanes of at least 4 members (excludes halogenated alkanes) is 31. The fourth-order valence-corrected chi connectivity index (χ4v) is 6.99. The summed E-state index contributed by atoms with van der Waals surface area (Å²) in [5, 5.41) is 0. The molecule has 0 amide bonds. The largest absolute Gasteiger partial charge is 1.00 e. The van der Waals surface area contributed by atoms with Crippen molar-refractivity contribution in [2.75, 3.05) is 6.61 Å². The first-order chi connectivity index (χ1) is 21.5. The van der Waals surface area contributed by atoms with E-state index in [9.17, 15) is 13.0 Å². The molecule has 0 N–H and O–H groups in total. The zero-order valence-electron chi connectivity index (χ0n) is 31.1. The average Bonchev–Trinajstić information content (AvgIpc) is 3.00. The summed E-state index contributed by atoms with van der Waals surface area (Å²) in [5.74, 6) is 0.196. The Balaban J connectivity index is 0. The third kappa shape index (κ3) is 42.8. The van der Waals surface area contributed by atoms with Gasteiger partial charge in [0, 0.05) is 0 Å². The Bertz CT molecular complexity index is 643. The topological polar surface area (TPSA) is 66.4 Å². The first-order valence-corrected chi connectivity index (χ1v) is 21.4. The van der Waals surface area contributed by atoms with Gasteiger partial charge in [0.1, 0.15) is 0 Å². The average molecular weight is 667 g/mol. The Labute approximate surface area is 306 Å². The molecule has 0 aliphatic rings. The third-order valence-electron chi connectivity index (χ3n) is 9.63. The van der Waals surface area contributed by atoms with E-state index in [1.54, 1.807) is 0 Å². The van der Waals surface area contributed by atoms with Crippen LogP contribution in [0.15, 0.2) is 0 Å². The van der Waals surface area contributed by atoms with Gasteiger partial charge in [-0.3, -0.25) is 4.18 Å². The molecule has 0 radical (unpaired) electrons. The van der Waals surface area contributed by atoms with E-state index in [0.29, 0.717) is 0 Å². The van der Waals surface area contributed by atoms with E-state index in [4.69, 9.17) is 0 Å². The molecule has 0 bridgehead atoms. The third-order valence-corrected chi connectivity index (χ3v) is 10.1. The monoisotopic (exact) mass is 667 g/mol. The van der Waals surface area contributed by atoms with E-state index >= 15 is 0 Å². The molecule has 0 aliphatic carbocycles. The van der Waals surface area contributed by atoms with Crippen LogP contribution >= 0.6 is 0 Å². The van der Waals surface area contributed by atoms with E-state index in [2.05, 4.69) is 18.0 Å². The van der Waals surface area contributed by atoms with Crippen molar-refractivity contribution in [3.63, 3.8) is 0 Å². The number of hydrogen-bond acceptors (Lipinski definition) is 4. The standard InChI is InChI=1S/C39H80O4S.Na/c1-3-5-7-9-11-13-15-17-18-19-20-21-22-23-25-27-29-31-33-35-37-39(38-43-44(40,41)42)36-34-32-30-28-26-24-16-14-12-10-8-6-4-2;/h39H,3-38H2,1-2H3,(H,40,41,42);/q;+1/p-1. The van der Waals surface area contributed by atoms with Crippen LogP contribution in [-0.2, 0) is 14.6 Å². The van der Waals surface area contributed by atoms with E-state index in [-0.39, 0.29) is 42.1 Å². The van der Waals surface area contributed by atoms with Crippen molar-refractivity contribution >= 4 is 10.4 Å². The van der Waals surface area contributed by atoms with Gasteiger partial charge in [0.25, 0.3) is 0 Å². The summed E-state index contributed by atoms with van der Waals surface area (Å²) < 4.78 is 37.7. The van der Waals surface area contributed by atoms with Gasteiger partial charge in [-0.2, -0.15) is 0 Å². The van der Waals surface area contributed by atoms with E-state index in [1.807, 2.05) is 0 Å². The summed E-state index contributed by atoms with van der Waals surface area (Å²) in [4.78, 5) is 0. The van der Waals surface area contributed by atoms with E-state index in [0.717, 1.165) is 25.7 Å². The summed E-state index contributed by atoms with van der Waals surface area (Å²) in [5.41, 5.74) is 0. The normalized spacial score (nSPS) is 12.4. The minimum Gasteiger partial charge on any atom is -0.726 e. The molecule has 0 aliphatic heterocycles. The second-order valence-corrected chi connectivity index (χ2v) is 15.1. The Morgan fingerprint density at radius 1 is 0.400 bits per heavy atom. The van der Waals surface area contributed by atoms with E-state index < -0.39 is 10.4 Å². The first-order valence-electron chi connectivity index (χ1n) is 20.1. The Morgan fingerprint density at radius 2 is 0.600 bits per heavy atom. The van der Waals surface area contributed by atoms with Crippen LogP contribution in [0.4, 0.5) is 0 Å². The van der Waals surface area contributed by atoms with Gasteiger partial charge >= 0.3 is 29.6 Å². The van der Waals surface area contributed by atoms with Gasteiger partial charge in [-0.25, -0.2) is 8.42 Å². The molecular formula is C39H79NaO4S. The van der Waals surface area contributed by atoms with Crippen molar-refractivity contribution in [2.24, 2.45) is 5.92 Å². The summed E-state index contributed by atoms with van der Waals surface area (Å²) >= 11 is 0. The fraction of sp³-hybridized carbons (Fsp3) is 1.00. The van der Waals surface area contributed by atoms with Crippen molar-refractivity contribution in [2.45, 2.75) is 239 Å². The summed E-state index contributed by atoms with van der Waals surface area (Å²) in [6, 6.07) is 0. The molecule has 0 saturated carbocycles. The molecule has 1 atom stereocenters. The van der Waals surface area contributed by atoms with Crippen LogP contribution in [0.1, 0.15) is 239 Å². The molecule has 4 nitrogen and oxygen atoms in total. The van der Waals surface area contributed by atoms with Crippen LogP contribution in [-0.4, -0.2) is 19.6 Å². The van der Waals surface area contributed by atoms with E-state index in [1.165, 1.54) is 199 Å². The van der Waals surface area contributed by atoms with Crippen LogP contribution in [0.25, 0.3) is 0 Å². The molecule has 6 heteroatoms. The summed E-state index contributed by atoms with van der Waals surface area (Å²) in [6.07, 6.45) is 46.8. The number of hydrogen-bond donors (Lipinski definition) is 0. The van der Waals surface area contributed by atoms with Crippen molar-refractivity contribution in [1.82, 2.24) is 0 Å². The van der Waals surface area contributed by atoms with Crippen LogP contribution < -0.4 is 29.6 Å². The Morgan fingerprint density at radius 3 is 0.800 bits per heavy atom. The Kier molecular flexibility index (Phi) is 41.9. The van der Waals surface area contributed by atoms with Crippen LogP contribution in [0.3, 0.4) is 0 Å². The molecule has 45 heavy (non-hydrogen) atoms. The smallest absolute Gasteiger partial charge is 0.726 e. The maximum absolute atomic E-state index is 11.0. The van der Waals surface area contributed by atoms with Crippen molar-refractivity contribution < 1.29 is 46.7 Å². The van der Waals surface area contributed by atoms with Crippen LogP contribution in [0, 0.1) is 5.92 Å². The summed E-state index contributed by atoms with van der Waals surface area (Å²) in [6.45, 7) is 4.63. The minimum atomic E-state index is -4.59. The zero-order chi connectivity index (χ0) is 32.2. The zero-order valence-corrected chi connectivity index (χ0v) is 33.9. The molecule has 0 aromatic carbocycles. The number of rotatable bonds is 38. The quantitative estimate of drug-likeness (QED) is 0.0285. The molecule has 0 fully saturated rings. The van der Waals surface area contributed by atoms with Crippen molar-refractivity contribution in [3.05, 3.63) is 0 Å². The molecule has 0 saturated heterocycles. The second-order valence-electron chi connectivity index (χ2n) is 14.1. The fourth-order valence-electron chi connectivity index (χ4n) is 6.63. The van der Waals surface area contributed by atoms with Crippen molar-refractivity contribution in [3.8, 4) is 0 Å².